The number of nitrogens with zero attached hydrogens (tertiary/aromatic N) is 2. The predicted octanol–water partition coefficient (Wildman–Crippen LogP) is 6.53. The highest BCUT2D eigenvalue weighted by molar-refractivity contribution is 6.30. The van der Waals surface area contributed by atoms with E-state index in [-0.39, 0.29) is 30.7 Å². The van der Waals surface area contributed by atoms with Gasteiger partial charge in [0.15, 0.2) is 0 Å². The number of nitrogens with one attached hydrogen (secondary N) is 2. The molecule has 0 spiro atoms. The van der Waals surface area contributed by atoms with E-state index in [0.717, 1.165) is 49.2 Å². The van der Waals surface area contributed by atoms with Gasteiger partial charge >= 0.3 is 12.1 Å². The Labute approximate surface area is 288 Å². The molecule has 2 heterocycles. The second kappa shape index (κ2) is 16.7. The van der Waals surface area contributed by atoms with Gasteiger partial charge in [-0.15, -0.1) is 11.6 Å². The van der Waals surface area contributed by atoms with Crippen molar-refractivity contribution in [3.8, 4) is 0 Å². The van der Waals surface area contributed by atoms with Crippen LogP contribution in [0.4, 0.5) is 9.59 Å². The van der Waals surface area contributed by atoms with Gasteiger partial charge in [0.1, 0.15) is 6.61 Å². The Morgan fingerprint density at radius 1 is 0.894 bits per heavy atom. The summed E-state index contributed by atoms with van der Waals surface area (Å²) >= 11 is 11.7. The minimum Gasteiger partial charge on any atom is -0.448 e. The zero-order valence-electron chi connectivity index (χ0n) is 26.9. The summed E-state index contributed by atoms with van der Waals surface area (Å²) in [6.07, 6.45) is 4.07. The molecule has 252 valence electrons. The summed E-state index contributed by atoms with van der Waals surface area (Å²) in [6.45, 7) is 4.20. The van der Waals surface area contributed by atoms with Gasteiger partial charge < -0.3 is 30.3 Å². The summed E-state index contributed by atoms with van der Waals surface area (Å²) < 4.78 is 5.15. The molecule has 3 amide bonds. The highest BCUT2D eigenvalue weighted by Crippen LogP contribution is 2.38. The van der Waals surface area contributed by atoms with E-state index in [1.165, 1.54) is 0 Å². The van der Waals surface area contributed by atoms with Crippen molar-refractivity contribution in [2.24, 2.45) is 0 Å². The number of carbonyl (C=O) groups excluding carboxylic acids is 2. The fourth-order valence-corrected chi connectivity index (χ4v) is 7.16. The number of carbonyl (C=O) groups is 2. The molecule has 0 bridgehead atoms. The fourth-order valence-electron chi connectivity index (χ4n) is 6.95. The third-order valence-corrected chi connectivity index (χ3v) is 10.1. The monoisotopic (exact) mass is 680 g/mol. The average molecular weight is 682 g/mol. The lowest BCUT2D eigenvalue weighted by atomic mass is 9.71. The number of hydrogen-bond acceptors (Lipinski definition) is 5. The van der Waals surface area contributed by atoms with Crippen molar-refractivity contribution in [1.29, 1.82) is 0 Å². The molecule has 3 aromatic rings. The third-order valence-electron chi connectivity index (χ3n) is 9.74. The molecule has 0 aliphatic carbocycles. The van der Waals surface area contributed by atoms with Gasteiger partial charge in [-0.3, -0.25) is 0 Å². The number of amides is 3. The van der Waals surface area contributed by atoms with Crippen LogP contribution in [0.3, 0.4) is 0 Å². The Morgan fingerprint density at radius 2 is 1.49 bits per heavy atom. The first-order valence-corrected chi connectivity index (χ1v) is 17.6. The van der Waals surface area contributed by atoms with Crippen molar-refractivity contribution in [1.82, 2.24) is 20.4 Å². The molecule has 2 fully saturated rings. The number of piperidine rings is 2. The van der Waals surface area contributed by atoms with Crippen molar-refractivity contribution in [2.45, 2.75) is 55.6 Å². The Bertz CT molecular complexity index is 1370. The molecule has 0 radical (unpaired) electrons. The normalized spacial score (nSPS) is 17.2. The highest BCUT2D eigenvalue weighted by Gasteiger charge is 2.37. The van der Waals surface area contributed by atoms with Crippen molar-refractivity contribution >= 4 is 35.3 Å². The molecule has 0 aromatic heterocycles. The van der Waals surface area contributed by atoms with E-state index in [2.05, 4.69) is 64.1 Å². The van der Waals surface area contributed by atoms with Gasteiger partial charge in [-0.25, -0.2) is 9.59 Å². The molecule has 0 unspecified atom stereocenters. The molecular weight excluding hydrogens is 635 g/mol. The summed E-state index contributed by atoms with van der Waals surface area (Å²) in [5, 5.41) is 18.4. The molecular formula is C37H46Cl2N4O4. The van der Waals surface area contributed by atoms with Gasteiger partial charge in [-0.1, -0.05) is 84.4 Å². The predicted molar refractivity (Wildman–Crippen MR) is 187 cm³/mol. The topological polar surface area (TPSA) is 94.1 Å². The second-order valence-corrected chi connectivity index (χ2v) is 13.5. The summed E-state index contributed by atoms with van der Waals surface area (Å²) in [6, 6.07) is 28.2. The minimum atomic E-state index is -0.833. The van der Waals surface area contributed by atoms with Crippen molar-refractivity contribution in [2.75, 3.05) is 51.8 Å². The molecule has 2 aliphatic heterocycles. The lowest BCUT2D eigenvalue weighted by Crippen LogP contribution is -2.51. The van der Waals surface area contributed by atoms with E-state index in [1.54, 1.807) is 4.90 Å². The van der Waals surface area contributed by atoms with Crippen LogP contribution < -0.4 is 10.6 Å². The number of hydrogen-bond donors (Lipinski definition) is 3. The number of urea groups is 1. The van der Waals surface area contributed by atoms with E-state index in [1.807, 2.05) is 36.4 Å². The SMILES string of the molecule is O=C(NCC(CCCN1CCC(O)(c2ccc(Cl)cc2)CC1)(c1ccccc1)c1ccccc1)NC1CCN(C(=O)OCCCl)CC1. The number of halogens is 2. The number of benzene rings is 3. The van der Waals surface area contributed by atoms with Crippen LogP contribution in [0.1, 0.15) is 55.2 Å². The van der Waals surface area contributed by atoms with Gasteiger partial charge in [-0.2, -0.15) is 0 Å². The van der Waals surface area contributed by atoms with E-state index >= 15 is 0 Å². The molecule has 3 aromatic carbocycles. The maximum Gasteiger partial charge on any atom is 0.409 e. The lowest BCUT2D eigenvalue weighted by Gasteiger charge is -2.40. The van der Waals surface area contributed by atoms with Crippen LogP contribution in [-0.2, 0) is 15.8 Å². The first-order chi connectivity index (χ1) is 22.8. The standard InChI is InChI=1S/C37H46Cl2N4O4/c38-21-27-47-35(45)43-23-16-33(17-24-43)41-34(44)40-28-36(29-8-3-1-4-9-29,30-10-5-2-6-11-30)18-7-22-42-25-19-37(46,20-26-42)31-12-14-32(39)15-13-31/h1-6,8-15,33,46H,7,16-28H2,(H2,40,41,44). The molecule has 8 nitrogen and oxygen atoms in total. The summed E-state index contributed by atoms with van der Waals surface area (Å²) in [4.78, 5) is 29.6. The molecule has 10 heteroatoms. The molecule has 0 atom stereocenters. The van der Waals surface area contributed by atoms with E-state index in [0.29, 0.717) is 50.3 Å². The summed E-state index contributed by atoms with van der Waals surface area (Å²) in [7, 11) is 0. The Kier molecular flexibility index (Phi) is 12.4. The second-order valence-electron chi connectivity index (χ2n) is 12.7. The minimum absolute atomic E-state index is 0.0273. The largest absolute Gasteiger partial charge is 0.448 e. The van der Waals surface area contributed by atoms with Gasteiger partial charge in [0, 0.05) is 49.2 Å². The lowest BCUT2D eigenvalue weighted by molar-refractivity contribution is -0.0262. The zero-order valence-corrected chi connectivity index (χ0v) is 28.4. The maximum absolute atomic E-state index is 13.3. The van der Waals surface area contributed by atoms with E-state index in [9.17, 15) is 14.7 Å². The van der Waals surface area contributed by atoms with Crippen LogP contribution in [0.2, 0.25) is 5.02 Å². The summed E-state index contributed by atoms with van der Waals surface area (Å²) in [5.41, 5.74) is 1.97. The zero-order chi connectivity index (χ0) is 33.1. The van der Waals surface area contributed by atoms with Gasteiger partial charge in [0.25, 0.3) is 0 Å². The van der Waals surface area contributed by atoms with Crippen molar-refractivity contribution < 1.29 is 19.4 Å². The first-order valence-electron chi connectivity index (χ1n) is 16.7. The maximum atomic E-state index is 13.3. The third kappa shape index (κ3) is 9.20. The van der Waals surface area contributed by atoms with Crippen LogP contribution in [0.15, 0.2) is 84.9 Å². The van der Waals surface area contributed by atoms with Crippen LogP contribution in [0, 0.1) is 0 Å². The number of alkyl halides is 1. The summed E-state index contributed by atoms with van der Waals surface area (Å²) in [5.74, 6) is 0.269. The smallest absolute Gasteiger partial charge is 0.409 e. The molecule has 2 saturated heterocycles. The van der Waals surface area contributed by atoms with Crippen LogP contribution in [-0.4, -0.2) is 84.8 Å². The van der Waals surface area contributed by atoms with Crippen LogP contribution in [0.25, 0.3) is 0 Å². The van der Waals surface area contributed by atoms with E-state index in [4.69, 9.17) is 27.9 Å². The molecule has 3 N–H and O–H groups in total. The number of likely N-dealkylation sites (tertiary alicyclic amines) is 2. The van der Waals surface area contributed by atoms with Crippen molar-refractivity contribution in [3.63, 3.8) is 0 Å². The van der Waals surface area contributed by atoms with E-state index < -0.39 is 11.0 Å². The van der Waals surface area contributed by atoms with Crippen LogP contribution in [0.5, 0.6) is 0 Å². The Morgan fingerprint density at radius 3 is 2.06 bits per heavy atom. The average Bonchev–Trinajstić information content (AvgIpc) is 3.11. The Hall–Kier alpha value is -3.30. The quantitative estimate of drug-likeness (QED) is 0.189. The van der Waals surface area contributed by atoms with Crippen LogP contribution >= 0.6 is 23.2 Å². The number of aliphatic hydroxyl groups is 1. The number of ether oxygens (including phenoxy) is 1. The van der Waals surface area contributed by atoms with Gasteiger partial charge in [-0.05, 0) is 73.9 Å². The highest BCUT2D eigenvalue weighted by atomic mass is 35.5. The first kappa shape index (κ1) is 35.0. The molecule has 47 heavy (non-hydrogen) atoms. The molecule has 5 rings (SSSR count). The number of rotatable bonds is 12. The molecule has 2 aliphatic rings. The van der Waals surface area contributed by atoms with Gasteiger partial charge in [0.2, 0.25) is 0 Å². The van der Waals surface area contributed by atoms with Gasteiger partial charge in [0.05, 0.1) is 11.5 Å². The molecule has 0 saturated carbocycles. The Balaban J connectivity index is 1.21. The van der Waals surface area contributed by atoms with Crippen molar-refractivity contribution in [3.05, 3.63) is 107 Å². The fraction of sp³-hybridized carbons (Fsp3) is 0.459.